The van der Waals surface area contributed by atoms with Gasteiger partial charge in [-0.2, -0.15) is 0 Å². The van der Waals surface area contributed by atoms with Crippen LogP contribution in [0.1, 0.15) is 36.8 Å². The molecule has 7 nitrogen and oxygen atoms in total. The summed E-state index contributed by atoms with van der Waals surface area (Å²) in [5, 5.41) is 0. The normalized spacial score (nSPS) is 19.2. The fourth-order valence-corrected chi connectivity index (χ4v) is 4.00. The Morgan fingerprint density at radius 3 is 2.26 bits per heavy atom. The molecule has 2 heterocycles. The van der Waals surface area contributed by atoms with Crippen molar-refractivity contribution in [3.05, 3.63) is 53.6 Å². The Kier molecular flexibility index (Phi) is 5.59. The molecule has 3 amide bonds. The van der Waals surface area contributed by atoms with Gasteiger partial charge in [-0.1, -0.05) is 17.7 Å². The number of benzene rings is 2. The number of esters is 1. The fourth-order valence-electron chi connectivity index (χ4n) is 4.00. The van der Waals surface area contributed by atoms with Crippen molar-refractivity contribution in [2.75, 3.05) is 16.3 Å². The number of carbonyl (C=O) groups excluding carboxylic acids is 4. The molecule has 0 aromatic heterocycles. The Balaban J connectivity index is 1.45. The zero-order valence-electron chi connectivity index (χ0n) is 17.6. The molecular weight excluding hydrogens is 396 g/mol. The van der Waals surface area contributed by atoms with E-state index in [2.05, 4.69) is 0 Å². The zero-order valence-corrected chi connectivity index (χ0v) is 17.6. The van der Waals surface area contributed by atoms with Crippen LogP contribution in [0.25, 0.3) is 0 Å². The van der Waals surface area contributed by atoms with Gasteiger partial charge < -0.3 is 9.64 Å². The van der Waals surface area contributed by atoms with Crippen molar-refractivity contribution in [2.24, 2.45) is 5.92 Å². The van der Waals surface area contributed by atoms with Crippen molar-refractivity contribution >= 4 is 35.1 Å². The molecule has 7 heteroatoms. The van der Waals surface area contributed by atoms with Gasteiger partial charge in [-0.15, -0.1) is 0 Å². The molecule has 2 aromatic carbocycles. The van der Waals surface area contributed by atoms with E-state index in [4.69, 9.17) is 4.74 Å². The number of ether oxygens (including phenoxy) is 1. The Bertz CT molecular complexity index is 1040. The molecule has 0 bridgehead atoms. The first kappa shape index (κ1) is 20.8. The smallest absolute Gasteiger partial charge is 0.316 e. The molecule has 0 N–H and O–H groups in total. The Labute approximate surface area is 180 Å². The van der Waals surface area contributed by atoms with Crippen LogP contribution in [0.15, 0.2) is 42.5 Å². The second kappa shape index (κ2) is 8.34. The number of carbonyl (C=O) groups is 4. The highest BCUT2D eigenvalue weighted by Gasteiger charge is 2.36. The molecular formula is C24H24N2O5. The third kappa shape index (κ3) is 4.21. The Morgan fingerprint density at radius 1 is 0.935 bits per heavy atom. The van der Waals surface area contributed by atoms with Crippen LogP contribution in [-0.4, -0.2) is 30.2 Å². The molecule has 2 aromatic rings. The zero-order chi connectivity index (χ0) is 22.1. The van der Waals surface area contributed by atoms with Crippen molar-refractivity contribution in [3.63, 3.8) is 0 Å². The summed E-state index contributed by atoms with van der Waals surface area (Å²) in [7, 11) is 0. The lowest BCUT2D eigenvalue weighted by molar-refractivity contribution is -0.139. The minimum absolute atomic E-state index is 0.0978. The van der Waals surface area contributed by atoms with Crippen molar-refractivity contribution in [2.45, 2.75) is 39.5 Å². The minimum atomic E-state index is -0.556. The summed E-state index contributed by atoms with van der Waals surface area (Å²) < 4.78 is 5.52. The van der Waals surface area contributed by atoms with Gasteiger partial charge in [0, 0.05) is 31.5 Å². The van der Waals surface area contributed by atoms with Gasteiger partial charge >= 0.3 is 5.97 Å². The number of rotatable bonds is 4. The lowest BCUT2D eigenvalue weighted by Crippen LogP contribution is -2.40. The van der Waals surface area contributed by atoms with Gasteiger partial charge in [0.2, 0.25) is 17.7 Å². The highest BCUT2D eigenvalue weighted by molar-refractivity contribution is 6.16. The first-order valence-electron chi connectivity index (χ1n) is 10.4. The van der Waals surface area contributed by atoms with E-state index < -0.39 is 11.9 Å². The molecule has 0 spiro atoms. The van der Waals surface area contributed by atoms with Gasteiger partial charge in [-0.3, -0.25) is 24.1 Å². The number of amides is 3. The quantitative estimate of drug-likeness (QED) is 0.431. The second-order valence-corrected chi connectivity index (χ2v) is 8.09. The minimum Gasteiger partial charge on any atom is -0.426 e. The van der Waals surface area contributed by atoms with Crippen molar-refractivity contribution < 1.29 is 23.9 Å². The van der Waals surface area contributed by atoms with Crippen molar-refractivity contribution in [3.8, 4) is 5.75 Å². The number of nitrogens with zero attached hydrogens (tertiary/aromatic N) is 2. The van der Waals surface area contributed by atoms with E-state index in [0.29, 0.717) is 36.3 Å². The SMILES string of the molecule is Cc1ccc(N2C[C@@H](C(=O)Oc3ccc(N4C(=O)CCCC4=O)c(C)c3)CC2=O)cc1. The molecule has 2 fully saturated rings. The van der Waals surface area contributed by atoms with Crippen LogP contribution in [0.2, 0.25) is 0 Å². The van der Waals surface area contributed by atoms with E-state index >= 15 is 0 Å². The van der Waals surface area contributed by atoms with Crippen LogP contribution in [0.5, 0.6) is 5.75 Å². The summed E-state index contributed by atoms with van der Waals surface area (Å²) in [5.74, 6) is -1.25. The molecule has 0 aliphatic carbocycles. The van der Waals surface area contributed by atoms with E-state index in [9.17, 15) is 19.2 Å². The summed E-state index contributed by atoms with van der Waals surface area (Å²) in [4.78, 5) is 52.2. The first-order valence-corrected chi connectivity index (χ1v) is 10.4. The van der Waals surface area contributed by atoms with Gasteiger partial charge in [-0.25, -0.2) is 0 Å². The average molecular weight is 420 g/mol. The summed E-state index contributed by atoms with van der Waals surface area (Å²) in [6.07, 6.45) is 1.35. The maximum atomic E-state index is 12.7. The van der Waals surface area contributed by atoms with Gasteiger partial charge in [0.1, 0.15) is 5.75 Å². The Morgan fingerprint density at radius 2 is 1.61 bits per heavy atom. The number of hydrogen-bond donors (Lipinski definition) is 0. The molecule has 4 rings (SSSR count). The highest BCUT2D eigenvalue weighted by atomic mass is 16.5. The lowest BCUT2D eigenvalue weighted by Gasteiger charge is -2.26. The van der Waals surface area contributed by atoms with Crippen molar-refractivity contribution in [1.29, 1.82) is 0 Å². The molecule has 2 aliphatic heterocycles. The first-order chi connectivity index (χ1) is 14.8. The van der Waals surface area contributed by atoms with E-state index in [-0.39, 0.29) is 30.7 Å². The van der Waals surface area contributed by atoms with Crippen LogP contribution in [-0.2, 0) is 19.2 Å². The largest absolute Gasteiger partial charge is 0.426 e. The summed E-state index contributed by atoms with van der Waals surface area (Å²) in [5.41, 5.74) is 3.04. The summed E-state index contributed by atoms with van der Waals surface area (Å²) >= 11 is 0. The van der Waals surface area contributed by atoms with Crippen LogP contribution < -0.4 is 14.5 Å². The summed E-state index contributed by atoms with van der Waals surface area (Å²) in [6.45, 7) is 4.01. The predicted molar refractivity (Wildman–Crippen MR) is 115 cm³/mol. The van der Waals surface area contributed by atoms with E-state index in [0.717, 1.165) is 11.3 Å². The van der Waals surface area contributed by atoms with Gasteiger partial charge in [0.25, 0.3) is 0 Å². The number of hydrogen-bond acceptors (Lipinski definition) is 5. The van der Waals surface area contributed by atoms with Crippen molar-refractivity contribution in [1.82, 2.24) is 0 Å². The molecule has 2 saturated heterocycles. The van der Waals surface area contributed by atoms with Crippen LogP contribution in [0.4, 0.5) is 11.4 Å². The summed E-state index contributed by atoms with van der Waals surface area (Å²) in [6, 6.07) is 12.4. The number of imide groups is 1. The molecule has 0 unspecified atom stereocenters. The van der Waals surface area contributed by atoms with Gasteiger partial charge in [0.15, 0.2) is 0 Å². The third-order valence-electron chi connectivity index (χ3n) is 5.71. The fraction of sp³-hybridized carbons (Fsp3) is 0.333. The Hall–Kier alpha value is -3.48. The molecule has 160 valence electrons. The standard InChI is InChI=1S/C24H24N2O5/c1-15-6-8-18(9-7-15)25-14-17(13-23(25)29)24(30)31-19-10-11-20(16(2)12-19)26-21(27)4-3-5-22(26)28/h6-12,17H,3-5,13-14H2,1-2H3/t17-/m0/s1. The second-order valence-electron chi connectivity index (χ2n) is 8.09. The number of anilines is 2. The third-order valence-corrected chi connectivity index (χ3v) is 5.71. The molecule has 0 saturated carbocycles. The molecule has 0 radical (unpaired) electrons. The number of aryl methyl sites for hydroxylation is 2. The van der Waals surface area contributed by atoms with Crippen LogP contribution in [0, 0.1) is 19.8 Å². The molecule has 1 atom stereocenters. The van der Waals surface area contributed by atoms with E-state index in [1.165, 1.54) is 4.90 Å². The van der Waals surface area contributed by atoms with Crippen LogP contribution >= 0.6 is 0 Å². The van der Waals surface area contributed by atoms with Gasteiger partial charge in [0.05, 0.1) is 11.6 Å². The maximum Gasteiger partial charge on any atom is 0.316 e. The van der Waals surface area contributed by atoms with E-state index in [1.807, 2.05) is 31.2 Å². The number of piperidine rings is 1. The van der Waals surface area contributed by atoms with Gasteiger partial charge in [-0.05, 0) is 56.2 Å². The van der Waals surface area contributed by atoms with Crippen LogP contribution in [0.3, 0.4) is 0 Å². The maximum absolute atomic E-state index is 12.7. The highest BCUT2D eigenvalue weighted by Crippen LogP contribution is 2.30. The average Bonchev–Trinajstić information content (AvgIpc) is 3.12. The molecule has 31 heavy (non-hydrogen) atoms. The molecule has 2 aliphatic rings. The topological polar surface area (TPSA) is 84.0 Å². The lowest BCUT2D eigenvalue weighted by atomic mass is 10.1. The van der Waals surface area contributed by atoms with E-state index in [1.54, 1.807) is 30.0 Å². The predicted octanol–water partition coefficient (Wildman–Crippen LogP) is 3.31. The monoisotopic (exact) mass is 420 g/mol.